The first-order valence-electron chi connectivity index (χ1n) is 9.76. The largest absolute Gasteiger partial charge is 0.494 e. The van der Waals surface area contributed by atoms with Gasteiger partial charge in [0.1, 0.15) is 17.6 Å². The van der Waals surface area contributed by atoms with Gasteiger partial charge in [-0.05, 0) is 31.2 Å². The first-order valence-corrected chi connectivity index (χ1v) is 9.76. The molecule has 28 heavy (non-hydrogen) atoms. The Morgan fingerprint density at radius 2 is 1.86 bits per heavy atom. The summed E-state index contributed by atoms with van der Waals surface area (Å²) < 4.78 is 13.5. The molecule has 2 aromatic carbocycles. The number of amides is 1. The Kier molecular flexibility index (Phi) is 5.19. The molecule has 0 saturated carbocycles. The number of benzene rings is 2. The second-order valence-electron chi connectivity index (χ2n) is 7.00. The zero-order valence-electron chi connectivity index (χ0n) is 16.3. The molecule has 1 saturated heterocycles. The molecular formula is C22H25N3O3. The summed E-state index contributed by atoms with van der Waals surface area (Å²) in [4.78, 5) is 19.4. The standard InChI is InChI=1S/C22H25N3O3/c1-3-27-17-7-6-8-18(15-17)28-16-11-13-25(14-12-16)22(26)21-23-19-9-4-5-10-20(19)24(21)2/h4-10,15-16H,3,11-14H2,1-2H3. The van der Waals surface area contributed by atoms with Crippen molar-refractivity contribution in [2.45, 2.75) is 25.9 Å². The van der Waals surface area contributed by atoms with Crippen LogP contribution in [0.1, 0.15) is 30.4 Å². The van der Waals surface area contributed by atoms with Crippen LogP contribution in [0.15, 0.2) is 48.5 Å². The van der Waals surface area contributed by atoms with Crippen molar-refractivity contribution in [2.75, 3.05) is 19.7 Å². The van der Waals surface area contributed by atoms with Gasteiger partial charge in [0.05, 0.1) is 17.6 Å². The number of likely N-dealkylation sites (tertiary alicyclic amines) is 1. The van der Waals surface area contributed by atoms with Crippen LogP contribution in [0.2, 0.25) is 0 Å². The summed E-state index contributed by atoms with van der Waals surface area (Å²) in [5.74, 6) is 2.10. The van der Waals surface area contributed by atoms with Gasteiger partial charge in [-0.25, -0.2) is 4.98 Å². The topological polar surface area (TPSA) is 56.6 Å². The number of hydrogen-bond acceptors (Lipinski definition) is 4. The number of rotatable bonds is 5. The average molecular weight is 379 g/mol. The summed E-state index contributed by atoms with van der Waals surface area (Å²) in [6.45, 7) is 3.92. The predicted octanol–water partition coefficient (Wildman–Crippen LogP) is 3.66. The third-order valence-electron chi connectivity index (χ3n) is 5.13. The normalized spacial score (nSPS) is 15.0. The Hall–Kier alpha value is -3.02. The molecule has 0 N–H and O–H groups in total. The third kappa shape index (κ3) is 3.67. The van der Waals surface area contributed by atoms with E-state index in [4.69, 9.17) is 9.47 Å². The van der Waals surface area contributed by atoms with Crippen molar-refractivity contribution in [1.82, 2.24) is 14.5 Å². The number of nitrogens with zero attached hydrogens (tertiary/aromatic N) is 3. The molecule has 6 heteroatoms. The first kappa shape index (κ1) is 18.3. The highest BCUT2D eigenvalue weighted by Gasteiger charge is 2.27. The van der Waals surface area contributed by atoms with Crippen LogP contribution in [0.25, 0.3) is 11.0 Å². The summed E-state index contributed by atoms with van der Waals surface area (Å²) in [6, 6.07) is 15.5. The minimum atomic E-state index is -0.0181. The summed E-state index contributed by atoms with van der Waals surface area (Å²) in [5.41, 5.74) is 1.82. The van der Waals surface area contributed by atoms with Crippen molar-refractivity contribution in [3.63, 3.8) is 0 Å². The van der Waals surface area contributed by atoms with Crippen molar-refractivity contribution in [3.8, 4) is 11.5 Å². The minimum Gasteiger partial charge on any atom is -0.494 e. The zero-order valence-corrected chi connectivity index (χ0v) is 16.3. The number of carbonyl (C=O) groups excluding carboxylic acids is 1. The smallest absolute Gasteiger partial charge is 0.289 e. The Balaban J connectivity index is 1.39. The summed E-state index contributed by atoms with van der Waals surface area (Å²) in [5, 5.41) is 0. The predicted molar refractivity (Wildman–Crippen MR) is 108 cm³/mol. The van der Waals surface area contributed by atoms with Crippen LogP contribution < -0.4 is 9.47 Å². The molecule has 1 amide bonds. The molecule has 0 atom stereocenters. The van der Waals surface area contributed by atoms with Gasteiger partial charge < -0.3 is 18.9 Å². The number of aromatic nitrogens is 2. The maximum Gasteiger partial charge on any atom is 0.289 e. The first-order chi connectivity index (χ1) is 13.7. The molecule has 0 aliphatic carbocycles. The molecule has 3 aromatic rings. The van der Waals surface area contributed by atoms with Gasteiger partial charge in [0.25, 0.3) is 5.91 Å². The number of piperidine rings is 1. The molecule has 4 rings (SSSR count). The maximum absolute atomic E-state index is 13.0. The van der Waals surface area contributed by atoms with Gasteiger partial charge >= 0.3 is 0 Å². The number of imidazole rings is 1. The number of para-hydroxylation sites is 2. The van der Waals surface area contributed by atoms with Crippen LogP contribution in [0.4, 0.5) is 0 Å². The van der Waals surface area contributed by atoms with Gasteiger partial charge in [-0.15, -0.1) is 0 Å². The molecule has 1 aromatic heterocycles. The molecule has 0 unspecified atom stereocenters. The SMILES string of the molecule is CCOc1cccc(OC2CCN(C(=O)c3nc4ccccc4n3C)CC2)c1. The number of carbonyl (C=O) groups is 1. The number of fused-ring (bicyclic) bond motifs is 1. The van der Waals surface area contributed by atoms with Gasteiger partial charge in [-0.1, -0.05) is 18.2 Å². The lowest BCUT2D eigenvalue weighted by atomic mass is 10.1. The van der Waals surface area contributed by atoms with Crippen molar-refractivity contribution >= 4 is 16.9 Å². The van der Waals surface area contributed by atoms with Crippen LogP contribution in [0.5, 0.6) is 11.5 Å². The van der Waals surface area contributed by atoms with E-state index in [9.17, 15) is 4.79 Å². The van der Waals surface area contributed by atoms with Crippen molar-refractivity contribution in [1.29, 1.82) is 0 Å². The van der Waals surface area contributed by atoms with E-state index in [1.54, 1.807) is 0 Å². The second-order valence-corrected chi connectivity index (χ2v) is 7.00. The Morgan fingerprint density at radius 3 is 2.61 bits per heavy atom. The van der Waals surface area contributed by atoms with Crippen LogP contribution in [0, 0.1) is 0 Å². The van der Waals surface area contributed by atoms with Crippen LogP contribution >= 0.6 is 0 Å². The van der Waals surface area contributed by atoms with Crippen molar-refractivity contribution < 1.29 is 14.3 Å². The molecule has 6 nitrogen and oxygen atoms in total. The van der Waals surface area contributed by atoms with Crippen molar-refractivity contribution in [2.24, 2.45) is 7.05 Å². The average Bonchev–Trinajstić information content (AvgIpc) is 3.05. The van der Waals surface area contributed by atoms with Gasteiger partial charge in [-0.2, -0.15) is 0 Å². The molecule has 0 radical (unpaired) electrons. The quantitative estimate of drug-likeness (QED) is 0.679. The lowest BCUT2D eigenvalue weighted by molar-refractivity contribution is 0.0581. The van der Waals surface area contributed by atoms with Crippen LogP contribution in [-0.2, 0) is 7.05 Å². The summed E-state index contributed by atoms with van der Waals surface area (Å²) in [7, 11) is 1.89. The molecule has 0 bridgehead atoms. The minimum absolute atomic E-state index is 0.0181. The Bertz CT molecular complexity index is 974. The lowest BCUT2D eigenvalue weighted by Crippen LogP contribution is -2.42. The molecule has 1 fully saturated rings. The third-order valence-corrected chi connectivity index (χ3v) is 5.13. The fourth-order valence-electron chi connectivity index (χ4n) is 3.65. The molecule has 1 aliphatic rings. The summed E-state index contributed by atoms with van der Waals surface area (Å²) >= 11 is 0. The van der Waals surface area contributed by atoms with E-state index in [1.807, 2.05) is 72.0 Å². The van der Waals surface area contributed by atoms with E-state index in [0.29, 0.717) is 25.5 Å². The molecule has 146 valence electrons. The maximum atomic E-state index is 13.0. The van der Waals surface area contributed by atoms with Crippen LogP contribution in [0.3, 0.4) is 0 Å². The fourth-order valence-corrected chi connectivity index (χ4v) is 3.65. The Labute approximate surface area is 164 Å². The van der Waals surface area contributed by atoms with E-state index >= 15 is 0 Å². The van der Waals surface area contributed by atoms with Gasteiger partial charge in [0.2, 0.25) is 0 Å². The van der Waals surface area contributed by atoms with Crippen molar-refractivity contribution in [3.05, 3.63) is 54.4 Å². The molecular weight excluding hydrogens is 354 g/mol. The van der Waals surface area contributed by atoms with Gasteiger partial charge in [0.15, 0.2) is 5.82 Å². The fraction of sp³-hybridized carbons (Fsp3) is 0.364. The summed E-state index contributed by atoms with van der Waals surface area (Å²) in [6.07, 6.45) is 1.70. The second kappa shape index (κ2) is 7.92. The number of aryl methyl sites for hydroxylation is 1. The van der Waals surface area contributed by atoms with E-state index in [2.05, 4.69) is 4.98 Å². The molecule has 0 spiro atoms. The number of ether oxygens (including phenoxy) is 2. The van der Waals surface area contributed by atoms with Gasteiger partial charge in [0, 0.05) is 39.0 Å². The molecule has 2 heterocycles. The zero-order chi connectivity index (χ0) is 19.5. The van der Waals surface area contributed by atoms with E-state index in [-0.39, 0.29) is 12.0 Å². The van der Waals surface area contributed by atoms with E-state index in [0.717, 1.165) is 35.4 Å². The Morgan fingerprint density at radius 1 is 1.11 bits per heavy atom. The number of hydrogen-bond donors (Lipinski definition) is 0. The molecule has 1 aliphatic heterocycles. The highest BCUT2D eigenvalue weighted by Crippen LogP contribution is 2.24. The highest BCUT2D eigenvalue weighted by molar-refractivity contribution is 5.94. The highest BCUT2D eigenvalue weighted by atomic mass is 16.5. The monoisotopic (exact) mass is 379 g/mol. The van der Waals surface area contributed by atoms with E-state index in [1.165, 1.54) is 0 Å². The van der Waals surface area contributed by atoms with Crippen LogP contribution in [-0.4, -0.2) is 46.2 Å². The van der Waals surface area contributed by atoms with E-state index < -0.39 is 0 Å². The van der Waals surface area contributed by atoms with Gasteiger partial charge in [-0.3, -0.25) is 4.79 Å². The lowest BCUT2D eigenvalue weighted by Gasteiger charge is -2.32.